The predicted molar refractivity (Wildman–Crippen MR) is 356 cm³/mol. The largest absolute Gasteiger partial charge is 0.262 e. The second kappa shape index (κ2) is 26.3. The van der Waals surface area contributed by atoms with Crippen LogP contribution in [0.5, 0.6) is 0 Å². The zero-order chi connectivity index (χ0) is 62.7. The lowest BCUT2D eigenvalue weighted by atomic mass is 9.98. The van der Waals surface area contributed by atoms with Gasteiger partial charge in [-0.25, -0.2) is 29.9 Å². The van der Waals surface area contributed by atoms with Gasteiger partial charge < -0.3 is 0 Å². The molecule has 0 fully saturated rings. The van der Waals surface area contributed by atoms with Crippen molar-refractivity contribution >= 4 is 44.4 Å². The summed E-state index contributed by atoms with van der Waals surface area (Å²) in [5, 5.41) is 0. The minimum absolute atomic E-state index is 0.457. The van der Waals surface area contributed by atoms with Crippen LogP contribution in [0.2, 0.25) is 0 Å². The molecule has 0 bridgehead atoms. The Bertz CT molecular complexity index is 4440. The van der Waals surface area contributed by atoms with Gasteiger partial charge in [0.15, 0.2) is 5.52 Å². The standard InChI is InChI=1S/C21H26N3.C20H24N3.C18H19N2.C17H18N3/c1-13(2)7-17-10-19-21(22-11-17)23-12-20(24(19)6)18-9-14(3)8-15(4)16(18)5;1-12(2)16-9-18-20(21-10-16)22-11-19(23(18)6)17-8-13(3)7-14(4)15(17)5;1-12-9-13(2)14(3)15(10-12)18-11-19-16-7-5-6-8-17(16)20(18)4;1-11-7-12(2)13(3)14(8-11)17-10-19-15-9-18-6-5-16(15)20(17)4/h8-13H,7H2,1-6H3;7-12H,1-6H3;5-11H,1-4H3;5-10H,1-4H3/q4*+1. The molecule has 0 unspecified atom stereocenters. The van der Waals surface area contributed by atoms with E-state index in [0.717, 1.165) is 73.6 Å². The summed E-state index contributed by atoms with van der Waals surface area (Å²) in [6.45, 7) is 34.8. The molecule has 0 amide bonds. The average Bonchev–Trinajstić information content (AvgIpc) is 1.57. The van der Waals surface area contributed by atoms with Gasteiger partial charge >= 0.3 is 0 Å². The Labute approximate surface area is 515 Å². The number of aromatic nitrogens is 11. The molecule has 442 valence electrons. The Hall–Kier alpha value is -9.09. The molecule has 0 saturated carbocycles. The maximum absolute atomic E-state index is 4.61. The van der Waals surface area contributed by atoms with Crippen LogP contribution in [-0.2, 0) is 34.6 Å². The molecule has 12 rings (SSSR count). The first-order valence-corrected chi connectivity index (χ1v) is 30.3. The van der Waals surface area contributed by atoms with Crippen molar-refractivity contribution in [2.75, 3.05) is 0 Å². The number of benzene rings is 5. The monoisotopic (exact) mass is 1150 g/mol. The molecule has 11 heteroatoms. The number of hydrogen-bond acceptors (Lipinski definition) is 7. The van der Waals surface area contributed by atoms with E-state index in [9.17, 15) is 0 Å². The van der Waals surface area contributed by atoms with Crippen molar-refractivity contribution in [1.82, 2.24) is 34.9 Å². The van der Waals surface area contributed by atoms with E-state index in [4.69, 9.17) is 0 Å². The molecule has 7 aromatic heterocycles. The Morgan fingerprint density at radius 2 is 0.724 bits per heavy atom. The van der Waals surface area contributed by atoms with Gasteiger partial charge in [-0.2, -0.15) is 18.3 Å². The summed E-state index contributed by atoms with van der Waals surface area (Å²) in [6.07, 6.45) is 16.3. The van der Waals surface area contributed by atoms with Crippen molar-refractivity contribution < 1.29 is 18.3 Å². The Morgan fingerprint density at radius 3 is 1.16 bits per heavy atom. The third-order valence-corrected chi connectivity index (χ3v) is 17.3. The summed E-state index contributed by atoms with van der Waals surface area (Å²) in [4.78, 5) is 31.5. The van der Waals surface area contributed by atoms with Crippen LogP contribution in [0.3, 0.4) is 0 Å². The van der Waals surface area contributed by atoms with E-state index < -0.39 is 0 Å². The Kier molecular flexibility index (Phi) is 18.8. The number of para-hydroxylation sites is 2. The van der Waals surface area contributed by atoms with Gasteiger partial charge in [0.25, 0.3) is 11.0 Å². The lowest BCUT2D eigenvalue weighted by Gasteiger charge is -2.10. The number of aryl methyl sites for hydroxylation is 12. The highest BCUT2D eigenvalue weighted by Gasteiger charge is 2.23. The van der Waals surface area contributed by atoms with Gasteiger partial charge in [0, 0.05) is 42.9 Å². The van der Waals surface area contributed by atoms with E-state index in [0.29, 0.717) is 11.8 Å². The van der Waals surface area contributed by atoms with Crippen molar-refractivity contribution in [3.63, 3.8) is 0 Å². The van der Waals surface area contributed by atoms with Crippen LogP contribution in [0.1, 0.15) is 112 Å². The first-order valence-electron chi connectivity index (χ1n) is 30.3. The lowest BCUT2D eigenvalue weighted by molar-refractivity contribution is -0.634. The van der Waals surface area contributed by atoms with E-state index >= 15 is 0 Å². The van der Waals surface area contributed by atoms with Crippen LogP contribution in [0.15, 0.2) is 141 Å². The van der Waals surface area contributed by atoms with Crippen LogP contribution < -0.4 is 18.3 Å². The molecule has 0 aliphatic heterocycles. The molecule has 5 aromatic carbocycles. The Balaban J connectivity index is 0.000000139. The highest BCUT2D eigenvalue weighted by molar-refractivity contribution is 5.76. The molecule has 11 nitrogen and oxygen atoms in total. The fraction of sp³-hybridized carbons (Fsp3) is 0.303. The zero-order valence-corrected chi connectivity index (χ0v) is 55.1. The second-order valence-corrected chi connectivity index (χ2v) is 24.7. The van der Waals surface area contributed by atoms with Gasteiger partial charge in [-0.1, -0.05) is 86.3 Å². The number of hydrogen-bond donors (Lipinski definition) is 0. The summed E-state index contributed by atoms with van der Waals surface area (Å²) < 4.78 is 8.84. The molecule has 0 N–H and O–H groups in total. The van der Waals surface area contributed by atoms with E-state index in [1.807, 2.05) is 61.6 Å². The molecule has 0 saturated heterocycles. The van der Waals surface area contributed by atoms with Crippen LogP contribution in [-0.4, -0.2) is 34.9 Å². The number of fused-ring (bicyclic) bond motifs is 4. The molecule has 0 spiro atoms. The quantitative estimate of drug-likeness (QED) is 0.146. The SMILES string of the molecule is Cc1cc(C)c(C)c(-c2cnc3ccccc3[n+]2C)c1.Cc1cc(C)c(C)c(-c2cnc3cnccc3[n+]2C)c1.Cc1cc(C)c(C)c(-c2cnc3ncc(C(C)C)cc3[n+]2C)c1.Cc1cc(C)c(C)c(-c2cnc3ncc(CC(C)C)cc3[n+]2C)c1. The maximum atomic E-state index is 4.61. The zero-order valence-electron chi connectivity index (χ0n) is 55.1. The molecule has 7 heterocycles. The summed E-state index contributed by atoms with van der Waals surface area (Å²) >= 11 is 0. The minimum atomic E-state index is 0.457. The molecule has 12 aromatic rings. The first kappa shape index (κ1) is 62.4. The van der Waals surface area contributed by atoms with E-state index in [-0.39, 0.29) is 0 Å². The van der Waals surface area contributed by atoms with E-state index in [1.54, 1.807) is 6.20 Å². The third kappa shape index (κ3) is 13.5. The van der Waals surface area contributed by atoms with Crippen LogP contribution in [0.4, 0.5) is 0 Å². The number of rotatable bonds is 7. The molecule has 0 aliphatic carbocycles. The predicted octanol–water partition coefficient (Wildman–Crippen LogP) is 15.1. The molecule has 0 atom stereocenters. The van der Waals surface area contributed by atoms with Gasteiger partial charge in [0.2, 0.25) is 45.1 Å². The summed E-state index contributed by atoms with van der Waals surface area (Å²) in [5.74, 6) is 1.07. The fourth-order valence-electron chi connectivity index (χ4n) is 11.8. The maximum Gasteiger partial charge on any atom is 0.251 e. The van der Waals surface area contributed by atoms with Gasteiger partial charge in [-0.3, -0.25) is 4.98 Å². The number of nitrogens with zero attached hydrogens (tertiary/aromatic N) is 11. The van der Waals surface area contributed by atoms with Crippen molar-refractivity contribution in [2.45, 2.75) is 123 Å². The van der Waals surface area contributed by atoms with E-state index in [1.165, 1.54) is 100 Å². The topological polar surface area (TPSA) is 106 Å². The normalized spacial score (nSPS) is 11.2. The van der Waals surface area contributed by atoms with Gasteiger partial charge in [-0.05, 0) is 187 Å². The smallest absolute Gasteiger partial charge is 0.251 e. The Morgan fingerprint density at radius 1 is 0.356 bits per heavy atom. The summed E-state index contributed by atoms with van der Waals surface area (Å²) in [7, 11) is 8.40. The second-order valence-electron chi connectivity index (χ2n) is 24.7. The van der Waals surface area contributed by atoms with Crippen LogP contribution in [0, 0.1) is 89.0 Å². The van der Waals surface area contributed by atoms with E-state index in [2.05, 4.69) is 265 Å². The van der Waals surface area contributed by atoms with Gasteiger partial charge in [0.1, 0.15) is 58.5 Å². The van der Waals surface area contributed by atoms with Gasteiger partial charge in [0.05, 0.1) is 28.5 Å². The molecular weight excluding hydrogens is 1070 g/mol. The molecule has 0 radical (unpaired) electrons. The summed E-state index contributed by atoms with van der Waals surface area (Å²) in [5.41, 5.74) is 35.7. The molecule has 87 heavy (non-hydrogen) atoms. The van der Waals surface area contributed by atoms with Gasteiger partial charge in [-0.15, -0.1) is 0 Å². The highest BCUT2D eigenvalue weighted by Crippen LogP contribution is 2.30. The minimum Gasteiger partial charge on any atom is -0.262 e. The van der Waals surface area contributed by atoms with Crippen LogP contribution >= 0.6 is 0 Å². The van der Waals surface area contributed by atoms with Crippen LogP contribution in [0.25, 0.3) is 89.4 Å². The fourth-order valence-corrected chi connectivity index (χ4v) is 11.8. The highest BCUT2D eigenvalue weighted by atomic mass is 15.0. The number of pyridine rings is 3. The molecular formula is C76H87N11+4. The van der Waals surface area contributed by atoms with Crippen molar-refractivity contribution in [2.24, 2.45) is 34.1 Å². The third-order valence-electron chi connectivity index (χ3n) is 17.3. The van der Waals surface area contributed by atoms with Crippen molar-refractivity contribution in [3.8, 4) is 45.0 Å². The first-order chi connectivity index (χ1) is 41.4. The summed E-state index contributed by atoms with van der Waals surface area (Å²) in [6, 6.07) is 32.6. The average molecular weight is 1150 g/mol. The lowest BCUT2D eigenvalue weighted by Crippen LogP contribution is -2.33. The van der Waals surface area contributed by atoms with Crippen molar-refractivity contribution in [1.29, 1.82) is 0 Å². The molecule has 0 aliphatic rings. The van der Waals surface area contributed by atoms with Crippen molar-refractivity contribution in [3.05, 3.63) is 218 Å².